The van der Waals surface area contributed by atoms with E-state index in [9.17, 15) is 9.90 Å². The maximum absolute atomic E-state index is 13.0. The molecule has 6 nitrogen and oxygen atoms in total. The van der Waals surface area contributed by atoms with Crippen LogP contribution in [0.25, 0.3) is 0 Å². The van der Waals surface area contributed by atoms with Crippen molar-refractivity contribution in [3.05, 3.63) is 70.7 Å². The highest BCUT2D eigenvalue weighted by Gasteiger charge is 2.49. The molecule has 0 saturated carbocycles. The monoisotopic (exact) mass is 471 g/mol. The van der Waals surface area contributed by atoms with Gasteiger partial charge in [-0.05, 0) is 42.0 Å². The van der Waals surface area contributed by atoms with Gasteiger partial charge in [0, 0.05) is 47.8 Å². The molecule has 2 aliphatic rings. The Morgan fingerprint density at radius 3 is 2.50 bits per heavy atom. The van der Waals surface area contributed by atoms with Crippen molar-refractivity contribution in [3.8, 4) is 5.75 Å². The Balaban J connectivity index is 1.51. The standard InChI is InChI=1S/C23H26BrN3O3/c1-30-19-10-8-18(9-11-19)25-23(29)26-12-2-3-13-27-20(14-26)22(21(27)15-28)16-4-6-17(24)7-5-16/h2-11,20-22,28H,12-15H2,1H3,(H,25,29)/t20?,21-,22?/m1/s1. The zero-order chi connectivity index (χ0) is 21.1. The minimum atomic E-state index is -0.131. The molecule has 2 amide bonds. The molecule has 1 fully saturated rings. The van der Waals surface area contributed by atoms with Crippen LogP contribution >= 0.6 is 15.9 Å². The number of carbonyl (C=O) groups is 1. The average molecular weight is 472 g/mol. The molecule has 2 N–H and O–H groups in total. The van der Waals surface area contributed by atoms with Crippen LogP contribution in [0.15, 0.2) is 65.2 Å². The van der Waals surface area contributed by atoms with Gasteiger partial charge in [0.15, 0.2) is 0 Å². The Bertz CT molecular complexity index is 901. The van der Waals surface area contributed by atoms with E-state index in [0.29, 0.717) is 13.1 Å². The number of urea groups is 1. The summed E-state index contributed by atoms with van der Waals surface area (Å²) in [5, 5.41) is 13.0. The summed E-state index contributed by atoms with van der Waals surface area (Å²) in [7, 11) is 1.62. The third-order valence-corrected chi connectivity index (χ3v) is 6.50. The number of anilines is 1. The van der Waals surface area contributed by atoms with E-state index in [2.05, 4.69) is 44.4 Å². The summed E-state index contributed by atoms with van der Waals surface area (Å²) in [4.78, 5) is 17.1. The predicted octanol–water partition coefficient (Wildman–Crippen LogP) is 3.69. The number of carbonyl (C=O) groups excluding carboxylic acids is 1. The fourth-order valence-corrected chi connectivity index (χ4v) is 4.66. The van der Waals surface area contributed by atoms with E-state index < -0.39 is 0 Å². The number of methoxy groups -OCH3 is 1. The van der Waals surface area contributed by atoms with Crippen molar-refractivity contribution in [1.29, 1.82) is 0 Å². The van der Waals surface area contributed by atoms with E-state index in [4.69, 9.17) is 4.74 Å². The molecule has 2 heterocycles. The van der Waals surface area contributed by atoms with Gasteiger partial charge in [-0.1, -0.05) is 40.2 Å². The Morgan fingerprint density at radius 2 is 1.83 bits per heavy atom. The number of rotatable bonds is 4. The molecule has 0 aliphatic carbocycles. The van der Waals surface area contributed by atoms with E-state index in [-0.39, 0.29) is 30.6 Å². The molecule has 1 saturated heterocycles. The van der Waals surface area contributed by atoms with Gasteiger partial charge in [-0.25, -0.2) is 4.79 Å². The topological polar surface area (TPSA) is 65.0 Å². The lowest BCUT2D eigenvalue weighted by Crippen LogP contribution is -2.67. The molecule has 158 valence electrons. The zero-order valence-corrected chi connectivity index (χ0v) is 18.5. The van der Waals surface area contributed by atoms with Crippen LogP contribution in [0.4, 0.5) is 10.5 Å². The Morgan fingerprint density at radius 1 is 1.13 bits per heavy atom. The molecular formula is C23H26BrN3O3. The quantitative estimate of drug-likeness (QED) is 0.667. The number of nitrogens with zero attached hydrogens (tertiary/aromatic N) is 2. The summed E-state index contributed by atoms with van der Waals surface area (Å²) in [5.74, 6) is 0.936. The van der Waals surface area contributed by atoms with E-state index >= 15 is 0 Å². The third kappa shape index (κ3) is 4.24. The highest BCUT2D eigenvalue weighted by Crippen LogP contribution is 2.41. The fraction of sp³-hybridized carbons (Fsp3) is 0.348. The molecule has 0 spiro atoms. The van der Waals surface area contributed by atoms with Gasteiger partial charge in [-0.2, -0.15) is 0 Å². The second-order valence-electron chi connectivity index (χ2n) is 7.63. The zero-order valence-electron chi connectivity index (χ0n) is 16.9. The first kappa shape index (κ1) is 20.9. The number of ether oxygens (including phenoxy) is 1. The van der Waals surface area contributed by atoms with E-state index in [1.165, 1.54) is 5.56 Å². The number of hydrogen-bond acceptors (Lipinski definition) is 4. The first-order valence-electron chi connectivity index (χ1n) is 10.1. The van der Waals surface area contributed by atoms with Gasteiger partial charge in [0.2, 0.25) is 0 Å². The van der Waals surface area contributed by atoms with Crippen molar-refractivity contribution in [3.63, 3.8) is 0 Å². The van der Waals surface area contributed by atoms with Gasteiger partial charge in [0.25, 0.3) is 0 Å². The van der Waals surface area contributed by atoms with Gasteiger partial charge in [-0.15, -0.1) is 0 Å². The summed E-state index contributed by atoms with van der Waals surface area (Å²) < 4.78 is 6.21. The van der Waals surface area contributed by atoms with E-state index in [1.807, 2.05) is 47.4 Å². The molecule has 2 aliphatic heterocycles. The summed E-state index contributed by atoms with van der Waals surface area (Å²) in [5.41, 5.74) is 1.92. The molecule has 0 radical (unpaired) electrons. The summed E-state index contributed by atoms with van der Waals surface area (Å²) in [6.07, 6.45) is 4.10. The van der Waals surface area contributed by atoms with Gasteiger partial charge in [0.05, 0.1) is 13.7 Å². The maximum atomic E-state index is 13.0. The largest absolute Gasteiger partial charge is 0.497 e. The summed E-state index contributed by atoms with van der Waals surface area (Å²) in [6, 6.07) is 15.7. The van der Waals surface area contributed by atoms with Gasteiger partial charge >= 0.3 is 6.03 Å². The van der Waals surface area contributed by atoms with Gasteiger partial charge in [0.1, 0.15) is 5.75 Å². The molecule has 3 atom stereocenters. The minimum Gasteiger partial charge on any atom is -0.497 e. The van der Waals surface area contributed by atoms with Crippen LogP contribution in [-0.4, -0.2) is 66.4 Å². The number of aliphatic hydroxyl groups excluding tert-OH is 1. The molecule has 0 bridgehead atoms. The van der Waals surface area contributed by atoms with Gasteiger partial charge in [-0.3, -0.25) is 4.90 Å². The number of hydrogen-bond donors (Lipinski definition) is 2. The van der Waals surface area contributed by atoms with E-state index in [1.54, 1.807) is 7.11 Å². The van der Waals surface area contributed by atoms with Crippen molar-refractivity contribution < 1.29 is 14.6 Å². The predicted molar refractivity (Wildman–Crippen MR) is 121 cm³/mol. The lowest BCUT2D eigenvalue weighted by atomic mass is 9.74. The van der Waals surface area contributed by atoms with Crippen molar-refractivity contribution >= 4 is 27.6 Å². The molecule has 7 heteroatoms. The molecule has 2 aromatic rings. The SMILES string of the molecule is COc1ccc(NC(=O)N2CC=CCN3C(C2)C(c2ccc(Br)cc2)[C@H]3CO)cc1. The minimum absolute atomic E-state index is 0.0606. The highest BCUT2D eigenvalue weighted by molar-refractivity contribution is 9.10. The van der Waals surface area contributed by atoms with Gasteiger partial charge < -0.3 is 20.1 Å². The molecule has 0 aromatic heterocycles. The number of benzene rings is 2. The first-order valence-corrected chi connectivity index (χ1v) is 10.9. The Hall–Kier alpha value is -2.35. The van der Waals surface area contributed by atoms with Crippen LogP contribution in [0.2, 0.25) is 0 Å². The lowest BCUT2D eigenvalue weighted by Gasteiger charge is -2.56. The second-order valence-corrected chi connectivity index (χ2v) is 8.54. The third-order valence-electron chi connectivity index (χ3n) is 5.97. The first-order chi connectivity index (χ1) is 14.6. The van der Waals surface area contributed by atoms with Crippen molar-refractivity contribution in [1.82, 2.24) is 9.80 Å². The maximum Gasteiger partial charge on any atom is 0.322 e. The smallest absolute Gasteiger partial charge is 0.322 e. The molecule has 2 unspecified atom stereocenters. The van der Waals surface area contributed by atoms with Crippen LogP contribution in [0.3, 0.4) is 0 Å². The van der Waals surface area contributed by atoms with Crippen molar-refractivity contribution in [2.24, 2.45) is 0 Å². The molecule has 4 rings (SSSR count). The Labute approximate surface area is 185 Å². The molecular weight excluding hydrogens is 446 g/mol. The normalized spacial score (nSPS) is 23.7. The summed E-state index contributed by atoms with van der Waals surface area (Å²) >= 11 is 3.49. The number of fused-ring (bicyclic) bond motifs is 1. The summed E-state index contributed by atoms with van der Waals surface area (Å²) in [6.45, 7) is 2.05. The highest BCUT2D eigenvalue weighted by atomic mass is 79.9. The van der Waals surface area contributed by atoms with Crippen LogP contribution in [0.1, 0.15) is 11.5 Å². The van der Waals surface area contributed by atoms with E-state index in [0.717, 1.165) is 22.5 Å². The van der Waals surface area contributed by atoms with Crippen LogP contribution < -0.4 is 10.1 Å². The number of halogens is 1. The molecule has 30 heavy (non-hydrogen) atoms. The van der Waals surface area contributed by atoms with Crippen LogP contribution in [0.5, 0.6) is 5.75 Å². The van der Waals surface area contributed by atoms with Crippen LogP contribution in [-0.2, 0) is 0 Å². The number of aliphatic hydroxyl groups is 1. The van der Waals surface area contributed by atoms with Crippen LogP contribution in [0, 0.1) is 0 Å². The van der Waals surface area contributed by atoms with Crippen molar-refractivity contribution in [2.75, 3.05) is 38.7 Å². The number of nitrogens with one attached hydrogen (secondary N) is 1. The fourth-order valence-electron chi connectivity index (χ4n) is 4.39. The Kier molecular flexibility index (Phi) is 6.41. The van der Waals surface area contributed by atoms with Crippen molar-refractivity contribution in [2.45, 2.75) is 18.0 Å². The molecule has 2 aromatic carbocycles. The second kappa shape index (κ2) is 9.20. The average Bonchev–Trinajstić information content (AvgIpc) is 2.74. The number of amides is 2. The lowest BCUT2D eigenvalue weighted by molar-refractivity contribution is -0.0443.